The van der Waals surface area contributed by atoms with Crippen molar-refractivity contribution in [1.82, 2.24) is 25.2 Å². The molecule has 2 heterocycles. The monoisotopic (exact) mass is 403 g/mol. The molecular weight excluding hydrogens is 386 g/mol. The fraction of sp³-hybridized carbons (Fsp3) is 0.150. The number of pyridine rings is 1. The number of ether oxygens (including phenoxy) is 1. The van der Waals surface area contributed by atoms with Gasteiger partial charge in [0.25, 0.3) is 5.91 Å². The summed E-state index contributed by atoms with van der Waals surface area (Å²) in [5, 5.41) is 13.8. The fourth-order valence-electron chi connectivity index (χ4n) is 2.40. The molecule has 10 heteroatoms. The van der Waals surface area contributed by atoms with Crippen LogP contribution in [0.1, 0.15) is 28.3 Å². The molecule has 1 N–H and O–H groups in total. The van der Waals surface area contributed by atoms with Gasteiger partial charge in [0.2, 0.25) is 5.82 Å². The third-order valence-electron chi connectivity index (χ3n) is 3.77. The van der Waals surface area contributed by atoms with E-state index in [4.69, 9.17) is 11.2 Å². The molecule has 2 aromatic heterocycles. The van der Waals surface area contributed by atoms with E-state index < -0.39 is 12.0 Å². The lowest BCUT2D eigenvalue weighted by molar-refractivity contribution is 0.0998. The molecule has 0 bridgehead atoms. The SMILES string of the molecule is C#CCCOC(=O)Nc1cccc(C(=O)N=C(c2ccccc2)c2nnnn2C)n1. The van der Waals surface area contributed by atoms with Gasteiger partial charge in [-0.15, -0.1) is 17.4 Å². The lowest BCUT2D eigenvalue weighted by Crippen LogP contribution is -2.17. The molecule has 3 aromatic rings. The number of nitrogens with zero attached hydrogens (tertiary/aromatic N) is 6. The van der Waals surface area contributed by atoms with Crippen LogP contribution < -0.4 is 5.32 Å². The van der Waals surface area contributed by atoms with Crippen molar-refractivity contribution in [2.75, 3.05) is 11.9 Å². The van der Waals surface area contributed by atoms with Crippen molar-refractivity contribution >= 4 is 23.5 Å². The molecule has 2 amide bonds. The van der Waals surface area contributed by atoms with Gasteiger partial charge >= 0.3 is 6.09 Å². The summed E-state index contributed by atoms with van der Waals surface area (Å²) in [6.45, 7) is 0.0808. The van der Waals surface area contributed by atoms with E-state index in [1.165, 1.54) is 16.8 Å². The van der Waals surface area contributed by atoms with Crippen molar-refractivity contribution in [3.05, 3.63) is 65.6 Å². The maximum absolute atomic E-state index is 12.8. The molecule has 0 spiro atoms. The number of benzene rings is 1. The highest BCUT2D eigenvalue weighted by molar-refractivity contribution is 6.16. The summed E-state index contributed by atoms with van der Waals surface area (Å²) in [6, 6.07) is 13.6. The standard InChI is InChI=1S/C20H17N7O3/c1-3-4-13-30-20(29)22-16-12-8-11-15(21-16)19(28)23-17(14-9-6-5-7-10-14)18-24-25-26-27(18)2/h1,5-12H,4,13H2,2H3,(H,21,22,29). The summed E-state index contributed by atoms with van der Waals surface area (Å²) in [6.07, 6.45) is 4.69. The highest BCUT2D eigenvalue weighted by Gasteiger charge is 2.17. The van der Waals surface area contributed by atoms with E-state index in [0.717, 1.165) is 0 Å². The minimum atomic E-state index is -0.721. The Morgan fingerprint density at radius 3 is 2.70 bits per heavy atom. The summed E-state index contributed by atoms with van der Waals surface area (Å²) in [4.78, 5) is 32.8. The van der Waals surface area contributed by atoms with Gasteiger partial charge in [-0.2, -0.15) is 0 Å². The van der Waals surface area contributed by atoms with Crippen LogP contribution in [0.3, 0.4) is 0 Å². The first-order valence-corrected chi connectivity index (χ1v) is 8.84. The predicted octanol–water partition coefficient (Wildman–Crippen LogP) is 1.85. The second-order valence-corrected chi connectivity index (χ2v) is 5.88. The Bertz CT molecular complexity index is 1120. The maximum atomic E-state index is 12.8. The van der Waals surface area contributed by atoms with E-state index in [0.29, 0.717) is 23.5 Å². The number of aryl methyl sites for hydroxylation is 1. The van der Waals surface area contributed by atoms with E-state index in [2.05, 4.69) is 36.7 Å². The summed E-state index contributed by atoms with van der Waals surface area (Å²) >= 11 is 0. The molecule has 0 aliphatic heterocycles. The summed E-state index contributed by atoms with van der Waals surface area (Å²) in [5.74, 6) is 2.20. The maximum Gasteiger partial charge on any atom is 0.412 e. The van der Waals surface area contributed by atoms with Crippen molar-refractivity contribution < 1.29 is 14.3 Å². The Morgan fingerprint density at radius 2 is 2.00 bits per heavy atom. The Morgan fingerprint density at radius 1 is 1.20 bits per heavy atom. The van der Waals surface area contributed by atoms with Gasteiger partial charge in [0, 0.05) is 19.0 Å². The third kappa shape index (κ3) is 5.11. The number of terminal acetylenes is 1. The zero-order valence-electron chi connectivity index (χ0n) is 16.0. The lowest BCUT2D eigenvalue weighted by atomic mass is 10.1. The number of aromatic nitrogens is 5. The van der Waals surface area contributed by atoms with Crippen LogP contribution in [0.5, 0.6) is 0 Å². The first-order valence-electron chi connectivity index (χ1n) is 8.84. The van der Waals surface area contributed by atoms with Crippen molar-refractivity contribution in [1.29, 1.82) is 0 Å². The van der Waals surface area contributed by atoms with Gasteiger partial charge in [0.1, 0.15) is 23.8 Å². The Kier molecular flexibility index (Phi) is 6.58. The molecule has 1 aromatic carbocycles. The highest BCUT2D eigenvalue weighted by Crippen LogP contribution is 2.11. The van der Waals surface area contributed by atoms with Crippen molar-refractivity contribution in [2.45, 2.75) is 6.42 Å². The van der Waals surface area contributed by atoms with Crippen molar-refractivity contribution in [2.24, 2.45) is 12.0 Å². The van der Waals surface area contributed by atoms with Crippen LogP contribution >= 0.6 is 0 Å². The predicted molar refractivity (Wildman–Crippen MR) is 108 cm³/mol. The van der Waals surface area contributed by atoms with Crippen LogP contribution in [0.4, 0.5) is 10.6 Å². The van der Waals surface area contributed by atoms with Crippen molar-refractivity contribution in [3.8, 4) is 12.3 Å². The van der Waals surface area contributed by atoms with Crippen LogP contribution in [-0.2, 0) is 11.8 Å². The fourth-order valence-corrected chi connectivity index (χ4v) is 2.40. The van der Waals surface area contributed by atoms with Gasteiger partial charge in [-0.1, -0.05) is 36.4 Å². The lowest BCUT2D eigenvalue weighted by Gasteiger charge is -2.07. The van der Waals surface area contributed by atoms with Gasteiger partial charge in [-0.3, -0.25) is 10.1 Å². The van der Waals surface area contributed by atoms with E-state index in [9.17, 15) is 9.59 Å². The van der Waals surface area contributed by atoms with E-state index in [-0.39, 0.29) is 18.1 Å². The van der Waals surface area contributed by atoms with E-state index >= 15 is 0 Å². The summed E-state index contributed by atoms with van der Waals surface area (Å²) < 4.78 is 6.31. The van der Waals surface area contributed by atoms with E-state index in [1.54, 1.807) is 25.2 Å². The third-order valence-corrected chi connectivity index (χ3v) is 3.77. The number of tetrazole rings is 1. The topological polar surface area (TPSA) is 124 Å². The molecule has 0 saturated heterocycles. The molecule has 3 rings (SSSR count). The van der Waals surface area contributed by atoms with Crippen LogP contribution in [-0.4, -0.2) is 49.5 Å². The zero-order chi connectivity index (χ0) is 21.3. The molecule has 0 saturated carbocycles. The first kappa shape index (κ1) is 20.3. The Labute approximate surface area is 172 Å². The Hall–Kier alpha value is -4.39. The number of hydrogen-bond acceptors (Lipinski definition) is 7. The number of rotatable bonds is 6. The first-order chi connectivity index (χ1) is 14.6. The minimum Gasteiger partial charge on any atom is -0.448 e. The number of hydrogen-bond donors (Lipinski definition) is 1. The number of aliphatic imine (C=N–C) groups is 1. The molecule has 0 aliphatic rings. The summed E-state index contributed by atoms with van der Waals surface area (Å²) in [7, 11) is 1.65. The van der Waals surface area contributed by atoms with Gasteiger partial charge < -0.3 is 4.74 Å². The second kappa shape index (κ2) is 9.70. The largest absolute Gasteiger partial charge is 0.448 e. The molecule has 0 aliphatic carbocycles. The molecule has 0 unspecified atom stereocenters. The number of amides is 2. The average molecular weight is 403 g/mol. The number of anilines is 1. The molecule has 150 valence electrons. The second-order valence-electron chi connectivity index (χ2n) is 5.88. The number of carbonyl (C=O) groups is 2. The van der Waals surface area contributed by atoms with Crippen LogP contribution in [0.25, 0.3) is 0 Å². The molecule has 0 atom stereocenters. The molecule has 30 heavy (non-hydrogen) atoms. The normalized spacial score (nSPS) is 10.9. The van der Waals surface area contributed by atoms with Crippen LogP contribution in [0.2, 0.25) is 0 Å². The van der Waals surface area contributed by atoms with Gasteiger partial charge in [-0.05, 0) is 22.6 Å². The van der Waals surface area contributed by atoms with Crippen LogP contribution in [0, 0.1) is 12.3 Å². The smallest absolute Gasteiger partial charge is 0.412 e. The highest BCUT2D eigenvalue weighted by atomic mass is 16.5. The number of nitrogens with one attached hydrogen (secondary N) is 1. The van der Waals surface area contributed by atoms with Gasteiger partial charge in [0.05, 0.1) is 0 Å². The quantitative estimate of drug-likeness (QED) is 0.378. The average Bonchev–Trinajstić information content (AvgIpc) is 3.18. The van der Waals surface area contributed by atoms with Crippen LogP contribution in [0.15, 0.2) is 53.5 Å². The molecule has 10 nitrogen and oxygen atoms in total. The Balaban J connectivity index is 1.86. The molecule has 0 fully saturated rings. The minimum absolute atomic E-state index is 0.0278. The summed E-state index contributed by atoms with van der Waals surface area (Å²) in [5.41, 5.74) is 0.983. The van der Waals surface area contributed by atoms with Crippen molar-refractivity contribution in [3.63, 3.8) is 0 Å². The number of carbonyl (C=O) groups excluding carboxylic acids is 2. The zero-order valence-corrected chi connectivity index (χ0v) is 16.0. The van der Waals surface area contributed by atoms with Gasteiger partial charge in [0.15, 0.2) is 0 Å². The molecule has 0 radical (unpaired) electrons. The van der Waals surface area contributed by atoms with Gasteiger partial charge in [-0.25, -0.2) is 19.5 Å². The van der Waals surface area contributed by atoms with E-state index in [1.807, 2.05) is 18.2 Å². The molecular formula is C20H17N7O3.